The number of alkyl carbamates (subject to hydrolysis) is 1. The monoisotopic (exact) mass is 553 g/mol. The summed E-state index contributed by atoms with van der Waals surface area (Å²) < 4.78 is 43.1. The number of hydrogen-bond acceptors (Lipinski definition) is 6. The molecule has 214 valence electrons. The van der Waals surface area contributed by atoms with Crippen molar-refractivity contribution in [2.75, 3.05) is 11.4 Å². The molecule has 3 rings (SSSR count). The van der Waals surface area contributed by atoms with Crippen LogP contribution in [0, 0.1) is 0 Å². The molecule has 0 unspecified atom stereocenters. The molecular formula is C27H34F3N3O6. The molecule has 2 amide bonds. The van der Waals surface area contributed by atoms with Gasteiger partial charge in [-0.1, -0.05) is 37.3 Å². The van der Waals surface area contributed by atoms with Gasteiger partial charge in [-0.25, -0.2) is 9.59 Å². The van der Waals surface area contributed by atoms with Crippen molar-refractivity contribution < 1.29 is 42.1 Å². The summed E-state index contributed by atoms with van der Waals surface area (Å²) in [7, 11) is 0. The highest BCUT2D eigenvalue weighted by atomic mass is 19.4. The van der Waals surface area contributed by atoms with Crippen molar-refractivity contribution in [1.82, 2.24) is 5.32 Å². The molecule has 0 saturated heterocycles. The number of halogens is 3. The maximum atomic E-state index is 13.3. The Balaban J connectivity index is 0.000000798. The number of benzene rings is 2. The second-order valence-electron chi connectivity index (χ2n) is 9.76. The average molecular weight is 554 g/mol. The minimum atomic E-state index is -4.18. The number of nitrogens with zero attached hydrogens (tertiary/aromatic N) is 1. The lowest BCUT2D eigenvalue weighted by molar-refractivity contribution is -0.140. The van der Waals surface area contributed by atoms with Gasteiger partial charge in [-0.05, 0) is 56.5 Å². The van der Waals surface area contributed by atoms with Gasteiger partial charge in [-0.3, -0.25) is 9.69 Å². The van der Waals surface area contributed by atoms with Gasteiger partial charge in [0.2, 0.25) is 0 Å². The number of carbonyl (C=O) groups is 3. The lowest BCUT2D eigenvalue weighted by Crippen LogP contribution is -2.53. The van der Waals surface area contributed by atoms with E-state index in [1.807, 2.05) is 30.3 Å². The summed E-state index contributed by atoms with van der Waals surface area (Å²) in [5.41, 5.74) is 5.68. The number of rotatable bonds is 7. The van der Waals surface area contributed by atoms with Gasteiger partial charge in [0.25, 0.3) is 5.91 Å². The SMILES string of the molecule is CC[C@H](NC(=O)OC(C)(C)C)C(=O)N1c2ccc(OCc3ccccc3)cc2C[C@@H]1C(=O)O.NCC(F)(F)F. The van der Waals surface area contributed by atoms with E-state index in [2.05, 4.69) is 11.1 Å². The molecular weight excluding hydrogens is 519 g/mol. The molecule has 12 heteroatoms. The summed E-state index contributed by atoms with van der Waals surface area (Å²) >= 11 is 0. The van der Waals surface area contributed by atoms with E-state index in [4.69, 9.17) is 9.47 Å². The van der Waals surface area contributed by atoms with Gasteiger partial charge in [-0.15, -0.1) is 0 Å². The summed E-state index contributed by atoms with van der Waals surface area (Å²) in [6.45, 7) is 6.07. The third-order valence-electron chi connectivity index (χ3n) is 5.44. The number of nitrogens with two attached hydrogens (primary N) is 1. The number of nitrogens with one attached hydrogen (secondary N) is 1. The molecule has 0 spiro atoms. The Morgan fingerprint density at radius 3 is 2.26 bits per heavy atom. The Labute approximate surface area is 225 Å². The first kappa shape index (κ1) is 31.4. The smallest absolute Gasteiger partial charge is 0.408 e. The highest BCUT2D eigenvalue weighted by molar-refractivity contribution is 6.05. The molecule has 0 aromatic heterocycles. The summed E-state index contributed by atoms with van der Waals surface area (Å²) in [4.78, 5) is 38.7. The van der Waals surface area contributed by atoms with Crippen LogP contribution in [0.2, 0.25) is 0 Å². The topological polar surface area (TPSA) is 131 Å². The number of alkyl halides is 3. The van der Waals surface area contributed by atoms with E-state index in [0.717, 1.165) is 5.56 Å². The second-order valence-corrected chi connectivity index (χ2v) is 9.76. The van der Waals surface area contributed by atoms with Gasteiger partial charge in [0, 0.05) is 12.1 Å². The molecule has 39 heavy (non-hydrogen) atoms. The first-order chi connectivity index (χ1) is 18.1. The predicted octanol–water partition coefficient (Wildman–Crippen LogP) is 4.42. The standard InChI is InChI=1S/C25H30N2O6.C2H4F3N/c1-5-19(26-24(31)33-25(2,3)4)22(28)27-20-12-11-18(13-17(20)14-21(27)23(29)30)32-15-16-9-7-6-8-10-16;3-2(4,5)1-6/h6-13,19,21H,5,14-15H2,1-4H3,(H,26,31)(H,29,30);1,6H2/t19-,21+;/m0./s1. The van der Waals surface area contributed by atoms with E-state index < -0.39 is 48.4 Å². The van der Waals surface area contributed by atoms with Crippen LogP contribution < -0.4 is 20.7 Å². The molecule has 0 fully saturated rings. The molecule has 0 aliphatic carbocycles. The van der Waals surface area contributed by atoms with Crippen LogP contribution in [0.25, 0.3) is 0 Å². The molecule has 4 N–H and O–H groups in total. The maximum Gasteiger partial charge on any atom is 0.408 e. The van der Waals surface area contributed by atoms with Gasteiger partial charge in [0.15, 0.2) is 0 Å². The minimum absolute atomic E-state index is 0.155. The largest absolute Gasteiger partial charge is 0.489 e. The lowest BCUT2D eigenvalue weighted by atomic mass is 10.1. The minimum Gasteiger partial charge on any atom is -0.489 e. The van der Waals surface area contributed by atoms with Crippen molar-refractivity contribution in [1.29, 1.82) is 0 Å². The molecule has 1 aliphatic rings. The summed E-state index contributed by atoms with van der Waals surface area (Å²) in [6, 6.07) is 12.9. The number of anilines is 1. The van der Waals surface area contributed by atoms with E-state index >= 15 is 0 Å². The van der Waals surface area contributed by atoms with Crippen molar-refractivity contribution in [2.45, 2.75) is 71.0 Å². The molecule has 1 heterocycles. The van der Waals surface area contributed by atoms with Gasteiger partial charge in [-0.2, -0.15) is 13.2 Å². The summed E-state index contributed by atoms with van der Waals surface area (Å²) in [5, 5.41) is 12.3. The molecule has 2 aromatic rings. The van der Waals surface area contributed by atoms with Crippen LogP contribution in [0.5, 0.6) is 5.75 Å². The van der Waals surface area contributed by atoms with Gasteiger partial charge in [0.05, 0.1) is 6.54 Å². The first-order valence-electron chi connectivity index (χ1n) is 12.3. The van der Waals surface area contributed by atoms with Gasteiger partial charge < -0.3 is 25.6 Å². The third-order valence-corrected chi connectivity index (χ3v) is 5.44. The molecule has 0 radical (unpaired) electrons. The van der Waals surface area contributed by atoms with Crippen LogP contribution in [0.3, 0.4) is 0 Å². The Morgan fingerprint density at radius 1 is 1.13 bits per heavy atom. The average Bonchev–Trinajstić information content (AvgIpc) is 3.24. The van der Waals surface area contributed by atoms with Crippen LogP contribution in [0.15, 0.2) is 48.5 Å². The predicted molar refractivity (Wildman–Crippen MR) is 138 cm³/mol. The summed E-state index contributed by atoms with van der Waals surface area (Å²) in [5.74, 6) is -1.01. The van der Waals surface area contributed by atoms with Crippen LogP contribution in [0.4, 0.5) is 23.7 Å². The Kier molecular flexibility index (Phi) is 10.7. The van der Waals surface area contributed by atoms with Crippen LogP contribution in [0.1, 0.15) is 45.2 Å². The number of carboxylic acid groups (broad SMARTS) is 1. The van der Waals surface area contributed by atoms with Crippen molar-refractivity contribution >= 4 is 23.7 Å². The van der Waals surface area contributed by atoms with Crippen molar-refractivity contribution in [3.8, 4) is 5.75 Å². The number of amides is 2. The van der Waals surface area contributed by atoms with Crippen molar-refractivity contribution in [3.63, 3.8) is 0 Å². The van der Waals surface area contributed by atoms with E-state index in [9.17, 15) is 32.7 Å². The lowest BCUT2D eigenvalue weighted by Gasteiger charge is -2.28. The Hall–Kier alpha value is -3.80. The fourth-order valence-corrected chi connectivity index (χ4v) is 3.68. The highest BCUT2D eigenvalue weighted by Gasteiger charge is 2.41. The Bertz CT molecular complexity index is 1140. The second kappa shape index (κ2) is 13.3. The van der Waals surface area contributed by atoms with Gasteiger partial charge in [0.1, 0.15) is 30.0 Å². The molecule has 0 bridgehead atoms. The first-order valence-corrected chi connectivity index (χ1v) is 12.3. The fourth-order valence-electron chi connectivity index (χ4n) is 3.68. The molecule has 9 nitrogen and oxygen atoms in total. The van der Waals surface area contributed by atoms with Crippen LogP contribution in [-0.2, 0) is 27.4 Å². The van der Waals surface area contributed by atoms with E-state index in [1.165, 1.54) is 4.90 Å². The van der Waals surface area contributed by atoms with E-state index in [0.29, 0.717) is 23.6 Å². The maximum absolute atomic E-state index is 13.3. The molecule has 2 atom stereocenters. The zero-order valence-electron chi connectivity index (χ0n) is 22.2. The van der Waals surface area contributed by atoms with E-state index in [1.54, 1.807) is 45.9 Å². The van der Waals surface area contributed by atoms with Crippen LogP contribution in [-0.4, -0.2) is 53.5 Å². The number of aliphatic carboxylic acids is 1. The zero-order chi connectivity index (χ0) is 29.4. The third kappa shape index (κ3) is 9.78. The molecule has 1 aliphatic heterocycles. The number of ether oxygens (including phenoxy) is 2. The number of hydrogen-bond donors (Lipinski definition) is 3. The number of carbonyl (C=O) groups excluding carboxylic acids is 2. The molecule has 0 saturated carbocycles. The molecule has 2 aromatic carbocycles. The fraction of sp³-hybridized carbons (Fsp3) is 0.444. The highest BCUT2D eigenvalue weighted by Crippen LogP contribution is 2.36. The number of fused-ring (bicyclic) bond motifs is 1. The normalized spacial score (nSPS) is 15.4. The quantitative estimate of drug-likeness (QED) is 0.463. The van der Waals surface area contributed by atoms with Crippen molar-refractivity contribution in [3.05, 3.63) is 59.7 Å². The zero-order valence-corrected chi connectivity index (χ0v) is 22.2. The van der Waals surface area contributed by atoms with Crippen molar-refractivity contribution in [2.24, 2.45) is 5.73 Å². The van der Waals surface area contributed by atoms with Crippen LogP contribution >= 0.6 is 0 Å². The van der Waals surface area contributed by atoms with E-state index in [-0.39, 0.29) is 12.8 Å². The Morgan fingerprint density at radius 2 is 1.74 bits per heavy atom. The summed E-state index contributed by atoms with van der Waals surface area (Å²) in [6.07, 6.45) is -4.46. The number of carboxylic acids is 1. The van der Waals surface area contributed by atoms with Gasteiger partial charge >= 0.3 is 18.2 Å².